The zero-order valence-corrected chi connectivity index (χ0v) is 13.2. The Hall–Kier alpha value is -2.36. The van der Waals surface area contributed by atoms with Gasteiger partial charge in [0, 0.05) is 10.9 Å². The minimum Gasteiger partial charge on any atom is -0.496 e. The van der Waals surface area contributed by atoms with Crippen molar-refractivity contribution in [1.82, 2.24) is 0 Å². The van der Waals surface area contributed by atoms with Crippen molar-refractivity contribution in [2.45, 2.75) is 32.1 Å². The van der Waals surface area contributed by atoms with E-state index in [1.807, 2.05) is 24.3 Å². The van der Waals surface area contributed by atoms with Crippen molar-refractivity contribution in [2.24, 2.45) is 5.41 Å². The maximum absolute atomic E-state index is 13.2. The second-order valence-corrected chi connectivity index (χ2v) is 6.14. The van der Waals surface area contributed by atoms with Crippen LogP contribution in [0.1, 0.15) is 42.5 Å². The largest absolute Gasteiger partial charge is 0.496 e. The number of carboxylic acids is 1. The van der Waals surface area contributed by atoms with Crippen LogP contribution < -0.4 is 4.74 Å². The summed E-state index contributed by atoms with van der Waals surface area (Å²) in [7, 11) is 1.59. The zero-order valence-electron chi connectivity index (χ0n) is 13.2. The van der Waals surface area contributed by atoms with Gasteiger partial charge in [0.05, 0.1) is 7.11 Å². The van der Waals surface area contributed by atoms with Gasteiger partial charge in [0.15, 0.2) is 5.78 Å². The van der Waals surface area contributed by atoms with Crippen LogP contribution >= 0.6 is 0 Å². The summed E-state index contributed by atoms with van der Waals surface area (Å²) in [6.45, 7) is 0. The van der Waals surface area contributed by atoms with Crippen molar-refractivity contribution in [3.8, 4) is 5.75 Å². The number of Topliss-reactive ketones (excluding diaryl/α,β-unsaturated/α-hetero) is 1. The van der Waals surface area contributed by atoms with Crippen molar-refractivity contribution in [3.05, 3.63) is 42.0 Å². The van der Waals surface area contributed by atoms with Crippen LogP contribution in [0.5, 0.6) is 5.75 Å². The molecule has 0 bridgehead atoms. The maximum Gasteiger partial charge on any atom is 0.317 e. The first-order chi connectivity index (χ1) is 11.1. The highest BCUT2D eigenvalue weighted by atomic mass is 16.5. The van der Waals surface area contributed by atoms with E-state index >= 15 is 0 Å². The summed E-state index contributed by atoms with van der Waals surface area (Å²) < 4.78 is 5.35. The number of carbonyl (C=O) groups is 2. The molecule has 23 heavy (non-hydrogen) atoms. The summed E-state index contributed by atoms with van der Waals surface area (Å²) in [5.41, 5.74) is -0.805. The van der Waals surface area contributed by atoms with Crippen molar-refractivity contribution < 1.29 is 19.4 Å². The number of fused-ring (bicyclic) bond motifs is 1. The molecule has 1 aliphatic rings. The first-order valence-corrected chi connectivity index (χ1v) is 7.94. The molecule has 0 aromatic heterocycles. The fourth-order valence-corrected chi connectivity index (χ4v) is 3.60. The van der Waals surface area contributed by atoms with Crippen molar-refractivity contribution in [2.75, 3.05) is 7.11 Å². The van der Waals surface area contributed by atoms with Crippen LogP contribution in [-0.2, 0) is 4.79 Å². The average molecular weight is 312 g/mol. The Morgan fingerprint density at radius 2 is 1.65 bits per heavy atom. The number of aliphatic carboxylic acids is 1. The summed E-state index contributed by atoms with van der Waals surface area (Å²) in [4.78, 5) is 25.1. The summed E-state index contributed by atoms with van der Waals surface area (Å²) in [6, 6.07) is 10.9. The molecule has 0 heterocycles. The van der Waals surface area contributed by atoms with E-state index in [9.17, 15) is 14.7 Å². The molecule has 0 unspecified atom stereocenters. The quantitative estimate of drug-likeness (QED) is 0.683. The molecule has 3 rings (SSSR count). The van der Waals surface area contributed by atoms with Gasteiger partial charge >= 0.3 is 5.97 Å². The molecule has 0 aliphatic heterocycles. The van der Waals surface area contributed by atoms with E-state index in [2.05, 4.69) is 0 Å². The number of hydrogen-bond donors (Lipinski definition) is 1. The molecule has 0 saturated heterocycles. The van der Waals surface area contributed by atoms with Gasteiger partial charge in [0.1, 0.15) is 11.2 Å². The third kappa shape index (κ3) is 2.48. The summed E-state index contributed by atoms with van der Waals surface area (Å²) >= 11 is 0. The maximum atomic E-state index is 13.2. The third-order valence-electron chi connectivity index (χ3n) is 4.90. The van der Waals surface area contributed by atoms with Crippen LogP contribution in [-0.4, -0.2) is 24.0 Å². The number of carbonyl (C=O) groups excluding carboxylic acids is 1. The van der Waals surface area contributed by atoms with E-state index in [4.69, 9.17) is 4.74 Å². The van der Waals surface area contributed by atoms with Gasteiger partial charge in [0.25, 0.3) is 0 Å². The van der Waals surface area contributed by atoms with Crippen molar-refractivity contribution >= 4 is 22.5 Å². The smallest absolute Gasteiger partial charge is 0.317 e. The summed E-state index contributed by atoms with van der Waals surface area (Å²) in [5.74, 6) is -0.587. The van der Waals surface area contributed by atoms with Gasteiger partial charge in [-0.2, -0.15) is 0 Å². The standard InChI is InChI=1S/C19H20O4/c1-23-16-10-9-15(13-7-3-4-8-14(13)16)17(20)19(18(21)22)11-5-2-6-12-19/h3-4,7-10H,2,5-6,11-12H2,1H3,(H,21,22). The van der Waals surface area contributed by atoms with E-state index < -0.39 is 11.4 Å². The minimum absolute atomic E-state index is 0.274. The molecule has 1 N–H and O–H groups in total. The lowest BCUT2D eigenvalue weighted by molar-refractivity contribution is -0.147. The number of methoxy groups -OCH3 is 1. The number of ketones is 1. The lowest BCUT2D eigenvalue weighted by Gasteiger charge is -2.32. The van der Waals surface area contributed by atoms with Gasteiger partial charge in [-0.1, -0.05) is 43.5 Å². The third-order valence-corrected chi connectivity index (χ3v) is 4.90. The Kier molecular flexibility index (Phi) is 4.07. The van der Waals surface area contributed by atoms with Crippen LogP contribution in [0.25, 0.3) is 10.8 Å². The highest BCUT2D eigenvalue weighted by Gasteiger charge is 2.47. The molecule has 1 saturated carbocycles. The molecule has 0 spiro atoms. The molecular weight excluding hydrogens is 292 g/mol. The van der Waals surface area contributed by atoms with Crippen LogP contribution in [0.2, 0.25) is 0 Å². The van der Waals surface area contributed by atoms with Crippen molar-refractivity contribution in [3.63, 3.8) is 0 Å². The molecule has 0 atom stereocenters. The van der Waals surface area contributed by atoms with Gasteiger partial charge in [0.2, 0.25) is 0 Å². The Morgan fingerprint density at radius 1 is 1.00 bits per heavy atom. The first kappa shape index (κ1) is 15.5. The highest BCUT2D eigenvalue weighted by molar-refractivity contribution is 6.18. The van der Waals surface area contributed by atoms with E-state index in [0.29, 0.717) is 24.2 Å². The molecule has 4 heteroatoms. The molecule has 2 aromatic rings. The van der Waals surface area contributed by atoms with Crippen molar-refractivity contribution in [1.29, 1.82) is 0 Å². The van der Waals surface area contributed by atoms with Crippen LogP contribution in [0.15, 0.2) is 36.4 Å². The zero-order chi connectivity index (χ0) is 16.4. The number of rotatable bonds is 4. The number of carboxylic acid groups (broad SMARTS) is 1. The Balaban J connectivity index is 2.16. The van der Waals surface area contributed by atoms with Crippen LogP contribution in [0.3, 0.4) is 0 Å². The fourth-order valence-electron chi connectivity index (χ4n) is 3.60. The van der Waals surface area contributed by atoms with Gasteiger partial charge in [-0.15, -0.1) is 0 Å². The molecule has 4 nitrogen and oxygen atoms in total. The molecule has 120 valence electrons. The fraction of sp³-hybridized carbons (Fsp3) is 0.368. The minimum atomic E-state index is -1.28. The molecule has 1 aliphatic carbocycles. The summed E-state index contributed by atoms with van der Waals surface area (Å²) in [5, 5.41) is 11.3. The molecular formula is C19H20O4. The Bertz CT molecular complexity index is 757. The molecule has 0 amide bonds. The second kappa shape index (κ2) is 6.03. The predicted octanol–water partition coefficient (Wildman–Crippen LogP) is 4.07. The monoisotopic (exact) mass is 312 g/mol. The summed E-state index contributed by atoms with van der Waals surface area (Å²) in [6.07, 6.45) is 3.40. The average Bonchev–Trinajstić information content (AvgIpc) is 2.60. The van der Waals surface area contributed by atoms with E-state index in [0.717, 1.165) is 30.0 Å². The number of benzene rings is 2. The topological polar surface area (TPSA) is 63.6 Å². The van der Waals surface area contributed by atoms with Gasteiger partial charge in [-0.3, -0.25) is 9.59 Å². The predicted molar refractivity (Wildman–Crippen MR) is 88.0 cm³/mol. The second-order valence-electron chi connectivity index (χ2n) is 6.14. The SMILES string of the molecule is COc1ccc(C(=O)C2(C(=O)O)CCCCC2)c2ccccc12. The van der Waals surface area contributed by atoms with Gasteiger partial charge < -0.3 is 9.84 Å². The van der Waals surface area contributed by atoms with Gasteiger partial charge in [-0.25, -0.2) is 0 Å². The lowest BCUT2D eigenvalue weighted by Crippen LogP contribution is -2.41. The molecule has 2 aromatic carbocycles. The lowest BCUT2D eigenvalue weighted by atomic mass is 9.69. The number of hydrogen-bond acceptors (Lipinski definition) is 3. The number of ether oxygens (including phenoxy) is 1. The Labute approximate surface area is 135 Å². The Morgan fingerprint density at radius 3 is 2.26 bits per heavy atom. The normalized spacial score (nSPS) is 16.9. The first-order valence-electron chi connectivity index (χ1n) is 7.94. The van der Waals surface area contributed by atoms with E-state index in [-0.39, 0.29) is 5.78 Å². The van der Waals surface area contributed by atoms with E-state index in [1.54, 1.807) is 19.2 Å². The molecule has 1 fully saturated rings. The molecule has 0 radical (unpaired) electrons. The van der Waals surface area contributed by atoms with Crippen LogP contribution in [0.4, 0.5) is 0 Å². The van der Waals surface area contributed by atoms with Crippen LogP contribution in [0, 0.1) is 5.41 Å². The van der Waals surface area contributed by atoms with E-state index in [1.165, 1.54) is 0 Å². The highest BCUT2D eigenvalue weighted by Crippen LogP contribution is 2.41. The van der Waals surface area contributed by atoms with Gasteiger partial charge in [-0.05, 0) is 30.4 Å².